The monoisotopic (exact) mass is 371 g/mol. The average Bonchev–Trinajstić information content (AvgIpc) is 3.13. The van der Waals surface area contributed by atoms with Gasteiger partial charge in [0.15, 0.2) is 17.5 Å². The fourth-order valence-corrected chi connectivity index (χ4v) is 2.46. The van der Waals surface area contributed by atoms with E-state index >= 15 is 0 Å². The summed E-state index contributed by atoms with van der Waals surface area (Å²) in [4.78, 5) is 8.50. The maximum absolute atomic E-state index is 5.53. The van der Waals surface area contributed by atoms with Gasteiger partial charge >= 0.3 is 0 Å². The second-order valence-electron chi connectivity index (χ2n) is 5.56. The van der Waals surface area contributed by atoms with Crippen molar-refractivity contribution in [1.82, 2.24) is 0 Å². The van der Waals surface area contributed by atoms with Crippen molar-refractivity contribution in [1.29, 1.82) is 0 Å². The molecule has 0 aromatic heterocycles. The summed E-state index contributed by atoms with van der Waals surface area (Å²) in [6.07, 6.45) is 0. The van der Waals surface area contributed by atoms with E-state index < -0.39 is 0 Å². The summed E-state index contributed by atoms with van der Waals surface area (Å²) < 4.78 is 21.3. The normalized spacial score (nSPS) is 12.4. The van der Waals surface area contributed by atoms with Crippen molar-refractivity contribution in [2.24, 2.45) is 21.5 Å². The molecule has 2 aromatic carbocycles. The van der Waals surface area contributed by atoms with Crippen LogP contribution in [-0.2, 0) is 6.54 Å². The van der Waals surface area contributed by atoms with Crippen LogP contribution >= 0.6 is 0 Å². The topological polar surface area (TPSA) is 126 Å². The van der Waals surface area contributed by atoms with Crippen LogP contribution < -0.4 is 35.7 Å². The lowest BCUT2D eigenvalue weighted by molar-refractivity contribution is 0.174. The van der Waals surface area contributed by atoms with Crippen LogP contribution in [0.5, 0.6) is 23.0 Å². The Morgan fingerprint density at radius 1 is 1.07 bits per heavy atom. The van der Waals surface area contributed by atoms with E-state index in [2.05, 4.69) is 15.3 Å². The van der Waals surface area contributed by atoms with Gasteiger partial charge in [-0.2, -0.15) is 4.99 Å². The minimum absolute atomic E-state index is 0.117. The highest BCUT2D eigenvalue weighted by atomic mass is 16.7. The summed E-state index contributed by atoms with van der Waals surface area (Å²) >= 11 is 0. The van der Waals surface area contributed by atoms with Crippen LogP contribution in [0, 0.1) is 0 Å². The molecular formula is C18H21N5O4. The molecule has 5 N–H and O–H groups in total. The Bertz CT molecular complexity index is 878. The predicted octanol–water partition coefficient (Wildman–Crippen LogP) is 1.67. The Kier molecular flexibility index (Phi) is 5.50. The number of aliphatic imine (C=N–C) groups is 2. The number of hydrogen-bond acceptors (Lipinski definition) is 5. The number of hydrogen-bond donors (Lipinski definition) is 3. The Hall–Kier alpha value is -3.62. The molecule has 0 saturated carbocycles. The standard InChI is InChI=1S/C18H21N5O4/c1-24-12-4-6-14(25-2)13(8-12)22-18(23-17(19)20)21-9-11-3-5-15-16(7-11)27-10-26-15/h3-8H,9-10H2,1-2H3,(H5,19,20,21,22,23). The van der Waals surface area contributed by atoms with Crippen LogP contribution in [0.2, 0.25) is 0 Å². The molecule has 1 heterocycles. The Morgan fingerprint density at radius 2 is 1.89 bits per heavy atom. The Labute approximate surface area is 156 Å². The van der Waals surface area contributed by atoms with E-state index in [1.165, 1.54) is 0 Å². The Morgan fingerprint density at radius 3 is 2.63 bits per heavy atom. The van der Waals surface area contributed by atoms with Gasteiger partial charge in [-0.3, -0.25) is 0 Å². The first kappa shape index (κ1) is 18.2. The molecule has 2 aromatic rings. The van der Waals surface area contributed by atoms with Crippen LogP contribution in [0.4, 0.5) is 5.69 Å². The summed E-state index contributed by atoms with van der Waals surface area (Å²) in [5.74, 6) is 2.77. The molecule has 1 aliphatic heterocycles. The molecular weight excluding hydrogens is 350 g/mol. The van der Waals surface area contributed by atoms with Crippen LogP contribution in [0.1, 0.15) is 5.56 Å². The highest BCUT2D eigenvalue weighted by Gasteiger charge is 2.13. The number of benzene rings is 2. The quantitative estimate of drug-likeness (QED) is 0.539. The molecule has 9 nitrogen and oxygen atoms in total. The number of nitrogens with zero attached hydrogens (tertiary/aromatic N) is 2. The first-order valence-corrected chi connectivity index (χ1v) is 8.10. The summed E-state index contributed by atoms with van der Waals surface area (Å²) in [6, 6.07) is 10.9. The molecule has 0 spiro atoms. The van der Waals surface area contributed by atoms with Crippen LogP contribution in [0.25, 0.3) is 0 Å². The molecule has 142 valence electrons. The van der Waals surface area contributed by atoms with Gasteiger partial charge in [-0.25, -0.2) is 4.99 Å². The molecule has 9 heteroatoms. The van der Waals surface area contributed by atoms with Gasteiger partial charge in [0.1, 0.15) is 11.5 Å². The van der Waals surface area contributed by atoms with Crippen LogP contribution in [0.3, 0.4) is 0 Å². The van der Waals surface area contributed by atoms with E-state index in [9.17, 15) is 0 Å². The predicted molar refractivity (Wildman–Crippen MR) is 103 cm³/mol. The van der Waals surface area contributed by atoms with Gasteiger partial charge in [0.25, 0.3) is 0 Å². The third-order valence-electron chi connectivity index (χ3n) is 3.74. The summed E-state index contributed by atoms with van der Waals surface area (Å²) in [5.41, 5.74) is 12.6. The second kappa shape index (κ2) is 8.17. The molecule has 0 fully saturated rings. The van der Waals surface area contributed by atoms with Gasteiger partial charge in [0, 0.05) is 6.07 Å². The fourth-order valence-electron chi connectivity index (χ4n) is 2.46. The molecule has 0 unspecified atom stereocenters. The lowest BCUT2D eigenvalue weighted by Crippen LogP contribution is -2.26. The first-order chi connectivity index (χ1) is 13.1. The van der Waals surface area contributed by atoms with Crippen molar-refractivity contribution >= 4 is 17.6 Å². The van der Waals surface area contributed by atoms with Gasteiger partial charge in [0.05, 0.1) is 26.5 Å². The minimum atomic E-state index is -0.117. The number of nitrogens with two attached hydrogens (primary N) is 2. The second-order valence-corrected chi connectivity index (χ2v) is 5.56. The van der Waals surface area contributed by atoms with Gasteiger partial charge in [-0.15, -0.1) is 0 Å². The molecule has 0 atom stereocenters. The van der Waals surface area contributed by atoms with Crippen LogP contribution in [-0.4, -0.2) is 32.9 Å². The third kappa shape index (κ3) is 4.51. The highest BCUT2D eigenvalue weighted by molar-refractivity contribution is 6.02. The van der Waals surface area contributed by atoms with Crippen molar-refractivity contribution in [2.45, 2.75) is 6.54 Å². The van der Waals surface area contributed by atoms with Crippen molar-refractivity contribution in [3.05, 3.63) is 42.0 Å². The van der Waals surface area contributed by atoms with Crippen molar-refractivity contribution in [2.75, 3.05) is 26.3 Å². The molecule has 0 amide bonds. The van der Waals surface area contributed by atoms with E-state index in [1.54, 1.807) is 32.4 Å². The van der Waals surface area contributed by atoms with Gasteiger partial charge in [-0.05, 0) is 29.8 Å². The molecule has 0 radical (unpaired) electrons. The zero-order chi connectivity index (χ0) is 19.2. The number of fused-ring (bicyclic) bond motifs is 1. The summed E-state index contributed by atoms with van der Waals surface area (Å²) in [6.45, 7) is 0.556. The number of nitrogens with one attached hydrogen (secondary N) is 1. The summed E-state index contributed by atoms with van der Waals surface area (Å²) in [7, 11) is 3.15. The molecule has 3 rings (SSSR count). The highest BCUT2D eigenvalue weighted by Crippen LogP contribution is 2.33. The lowest BCUT2D eigenvalue weighted by Gasteiger charge is -2.12. The zero-order valence-corrected chi connectivity index (χ0v) is 15.1. The van der Waals surface area contributed by atoms with Gasteiger partial charge < -0.3 is 35.7 Å². The molecule has 0 bridgehead atoms. The zero-order valence-electron chi connectivity index (χ0n) is 15.1. The van der Waals surface area contributed by atoms with Gasteiger partial charge in [0.2, 0.25) is 12.8 Å². The number of rotatable bonds is 5. The van der Waals surface area contributed by atoms with Gasteiger partial charge in [-0.1, -0.05) is 6.07 Å². The largest absolute Gasteiger partial charge is 0.497 e. The van der Waals surface area contributed by atoms with E-state index in [4.69, 9.17) is 30.4 Å². The smallest absolute Gasteiger partial charge is 0.231 e. The first-order valence-electron chi connectivity index (χ1n) is 8.10. The number of anilines is 1. The summed E-state index contributed by atoms with van der Waals surface area (Å²) in [5, 5.41) is 3.07. The van der Waals surface area contributed by atoms with E-state index in [1.807, 2.05) is 18.2 Å². The molecule has 0 aliphatic carbocycles. The van der Waals surface area contributed by atoms with E-state index in [0.29, 0.717) is 35.2 Å². The van der Waals surface area contributed by atoms with E-state index in [0.717, 1.165) is 5.56 Å². The van der Waals surface area contributed by atoms with E-state index in [-0.39, 0.29) is 18.7 Å². The van der Waals surface area contributed by atoms with Crippen LogP contribution in [0.15, 0.2) is 46.4 Å². The average molecular weight is 371 g/mol. The lowest BCUT2D eigenvalue weighted by atomic mass is 10.2. The fraction of sp³-hybridized carbons (Fsp3) is 0.222. The third-order valence-corrected chi connectivity index (χ3v) is 3.74. The van der Waals surface area contributed by atoms with Crippen molar-refractivity contribution in [3.8, 4) is 23.0 Å². The number of guanidine groups is 2. The maximum atomic E-state index is 5.53. The number of ether oxygens (including phenoxy) is 4. The minimum Gasteiger partial charge on any atom is -0.497 e. The maximum Gasteiger partial charge on any atom is 0.231 e. The molecule has 1 aliphatic rings. The molecule has 0 saturated heterocycles. The van der Waals surface area contributed by atoms with Crippen molar-refractivity contribution in [3.63, 3.8) is 0 Å². The molecule has 27 heavy (non-hydrogen) atoms. The SMILES string of the molecule is COc1ccc(OC)c(NC(N=C(N)N)=NCc2ccc3c(c2)OCO3)c1. The van der Waals surface area contributed by atoms with Crippen molar-refractivity contribution < 1.29 is 18.9 Å². The number of methoxy groups -OCH3 is 2. The Balaban J connectivity index is 1.84.